The number of thiophene rings is 1. The first-order valence-electron chi connectivity index (χ1n) is 4.66. The van der Waals surface area contributed by atoms with Crippen LogP contribution >= 0.6 is 27.3 Å². The summed E-state index contributed by atoms with van der Waals surface area (Å²) in [6.45, 7) is 1.68. The Hall–Kier alpha value is -0.650. The Balaban J connectivity index is 1.86. The number of nitrogens with zero attached hydrogens (tertiary/aromatic N) is 2. The van der Waals surface area contributed by atoms with E-state index in [1.54, 1.807) is 11.3 Å². The average Bonchev–Trinajstić information content (AvgIpc) is 2.78. The number of aryl methyl sites for hydroxylation is 1. The number of nitrogens with one attached hydrogen (secondary N) is 1. The Morgan fingerprint density at radius 1 is 1.53 bits per heavy atom. The van der Waals surface area contributed by atoms with Gasteiger partial charge in [-0.05, 0) is 27.4 Å². The number of aromatic nitrogens is 2. The summed E-state index contributed by atoms with van der Waals surface area (Å²) in [5.74, 6) is 1.06. The van der Waals surface area contributed by atoms with Gasteiger partial charge in [0.2, 0.25) is 0 Å². The topological polar surface area (TPSA) is 29.9 Å². The fourth-order valence-corrected chi connectivity index (χ4v) is 2.77. The van der Waals surface area contributed by atoms with Crippen molar-refractivity contribution in [2.24, 2.45) is 7.05 Å². The molecule has 0 aliphatic rings. The van der Waals surface area contributed by atoms with Crippen LogP contribution in [0.25, 0.3) is 0 Å². The van der Waals surface area contributed by atoms with E-state index in [4.69, 9.17) is 0 Å². The molecule has 0 amide bonds. The Morgan fingerprint density at radius 2 is 2.40 bits per heavy atom. The van der Waals surface area contributed by atoms with Gasteiger partial charge in [0.15, 0.2) is 0 Å². The molecule has 0 aliphatic carbocycles. The molecule has 80 valence electrons. The van der Waals surface area contributed by atoms with Crippen LogP contribution in [0.5, 0.6) is 0 Å². The summed E-state index contributed by atoms with van der Waals surface area (Å²) in [6.07, 6.45) is 3.77. The van der Waals surface area contributed by atoms with Crippen molar-refractivity contribution in [3.05, 3.63) is 39.0 Å². The number of imidazole rings is 1. The second-order valence-corrected chi connectivity index (χ2v) is 5.10. The quantitative estimate of drug-likeness (QED) is 0.936. The number of halogens is 1. The highest BCUT2D eigenvalue weighted by atomic mass is 79.9. The number of rotatable bonds is 4. The van der Waals surface area contributed by atoms with Crippen molar-refractivity contribution in [1.29, 1.82) is 0 Å². The normalized spacial score (nSPS) is 10.8. The fourth-order valence-electron chi connectivity index (χ4n) is 1.31. The van der Waals surface area contributed by atoms with Crippen molar-refractivity contribution in [3.8, 4) is 0 Å². The molecule has 0 aliphatic heterocycles. The van der Waals surface area contributed by atoms with E-state index in [1.807, 2.05) is 24.0 Å². The van der Waals surface area contributed by atoms with E-state index in [0.29, 0.717) is 0 Å². The second kappa shape index (κ2) is 4.92. The minimum absolute atomic E-state index is 0.799. The Morgan fingerprint density at radius 3 is 3.00 bits per heavy atom. The van der Waals surface area contributed by atoms with Crippen molar-refractivity contribution in [3.63, 3.8) is 0 Å². The van der Waals surface area contributed by atoms with E-state index < -0.39 is 0 Å². The van der Waals surface area contributed by atoms with Crippen molar-refractivity contribution < 1.29 is 0 Å². The molecule has 2 aromatic rings. The van der Waals surface area contributed by atoms with Crippen LogP contribution in [-0.4, -0.2) is 9.55 Å². The monoisotopic (exact) mass is 285 g/mol. The first-order chi connectivity index (χ1) is 7.27. The lowest BCUT2D eigenvalue weighted by Crippen LogP contribution is -2.15. The third-order valence-electron chi connectivity index (χ3n) is 2.18. The molecule has 3 nitrogen and oxygen atoms in total. The summed E-state index contributed by atoms with van der Waals surface area (Å²) in [5.41, 5.74) is 0. The first kappa shape index (κ1) is 10.9. The molecule has 0 spiro atoms. The summed E-state index contributed by atoms with van der Waals surface area (Å²) < 4.78 is 3.20. The molecule has 0 fully saturated rings. The highest BCUT2D eigenvalue weighted by Crippen LogP contribution is 2.22. The molecular formula is C10H12BrN3S. The molecule has 0 saturated heterocycles. The third-order valence-corrected chi connectivity index (χ3v) is 4.11. The fraction of sp³-hybridized carbons (Fsp3) is 0.300. The lowest BCUT2D eigenvalue weighted by molar-refractivity contribution is 0.643. The van der Waals surface area contributed by atoms with E-state index >= 15 is 0 Å². The van der Waals surface area contributed by atoms with Gasteiger partial charge in [0, 0.05) is 35.3 Å². The van der Waals surface area contributed by atoms with Gasteiger partial charge in [-0.25, -0.2) is 4.98 Å². The summed E-state index contributed by atoms with van der Waals surface area (Å²) in [7, 11) is 2.01. The second-order valence-electron chi connectivity index (χ2n) is 3.25. The minimum atomic E-state index is 0.799. The van der Waals surface area contributed by atoms with E-state index in [-0.39, 0.29) is 0 Å². The van der Waals surface area contributed by atoms with Crippen LogP contribution in [0.3, 0.4) is 0 Å². The van der Waals surface area contributed by atoms with Crippen LogP contribution in [0.1, 0.15) is 10.7 Å². The maximum Gasteiger partial charge on any atom is 0.122 e. The zero-order valence-electron chi connectivity index (χ0n) is 8.40. The van der Waals surface area contributed by atoms with Crippen LogP contribution in [0.2, 0.25) is 0 Å². The average molecular weight is 286 g/mol. The zero-order chi connectivity index (χ0) is 10.7. The van der Waals surface area contributed by atoms with Crippen LogP contribution < -0.4 is 5.32 Å². The van der Waals surface area contributed by atoms with Gasteiger partial charge >= 0.3 is 0 Å². The van der Waals surface area contributed by atoms with Crippen molar-refractivity contribution in [2.75, 3.05) is 0 Å². The molecule has 0 saturated carbocycles. The number of hydrogen-bond acceptors (Lipinski definition) is 3. The lowest BCUT2D eigenvalue weighted by Gasteiger charge is -2.03. The summed E-state index contributed by atoms with van der Waals surface area (Å²) in [4.78, 5) is 5.57. The first-order valence-corrected chi connectivity index (χ1v) is 6.33. The van der Waals surface area contributed by atoms with E-state index in [0.717, 1.165) is 18.9 Å². The Bertz CT molecular complexity index is 395. The zero-order valence-corrected chi connectivity index (χ0v) is 10.8. The maximum atomic E-state index is 4.25. The van der Waals surface area contributed by atoms with Gasteiger partial charge in [0.1, 0.15) is 5.82 Å². The predicted molar refractivity (Wildman–Crippen MR) is 65.8 cm³/mol. The van der Waals surface area contributed by atoms with Gasteiger partial charge in [-0.2, -0.15) is 0 Å². The molecule has 2 heterocycles. The highest BCUT2D eigenvalue weighted by Gasteiger charge is 2.02. The van der Waals surface area contributed by atoms with Gasteiger partial charge < -0.3 is 9.88 Å². The largest absolute Gasteiger partial charge is 0.337 e. The molecule has 1 N–H and O–H groups in total. The van der Waals surface area contributed by atoms with Crippen LogP contribution in [0, 0.1) is 0 Å². The summed E-state index contributed by atoms with van der Waals surface area (Å²) in [5, 5.41) is 5.45. The van der Waals surface area contributed by atoms with Crippen LogP contribution in [-0.2, 0) is 20.1 Å². The maximum absolute atomic E-state index is 4.25. The van der Waals surface area contributed by atoms with Crippen molar-refractivity contribution in [1.82, 2.24) is 14.9 Å². The van der Waals surface area contributed by atoms with Gasteiger partial charge in [-0.1, -0.05) is 0 Å². The van der Waals surface area contributed by atoms with E-state index in [1.165, 1.54) is 9.35 Å². The third kappa shape index (κ3) is 2.68. The predicted octanol–water partition coefficient (Wildman–Crippen LogP) is 2.53. The van der Waals surface area contributed by atoms with Gasteiger partial charge in [-0.3, -0.25) is 0 Å². The smallest absolute Gasteiger partial charge is 0.122 e. The lowest BCUT2D eigenvalue weighted by atomic mass is 10.4. The van der Waals surface area contributed by atoms with Gasteiger partial charge in [0.25, 0.3) is 0 Å². The van der Waals surface area contributed by atoms with Crippen LogP contribution in [0.4, 0.5) is 0 Å². The molecule has 5 heteroatoms. The van der Waals surface area contributed by atoms with Gasteiger partial charge in [-0.15, -0.1) is 11.3 Å². The molecule has 2 rings (SSSR count). The van der Waals surface area contributed by atoms with E-state index in [2.05, 4.69) is 37.7 Å². The van der Waals surface area contributed by atoms with Gasteiger partial charge in [0.05, 0.1) is 6.54 Å². The number of hydrogen-bond donors (Lipinski definition) is 1. The SMILES string of the molecule is Cn1ccnc1CNCc1sccc1Br. The Kier molecular flexibility index (Phi) is 3.56. The Labute approximate surface area is 101 Å². The standard InChI is InChI=1S/C10H12BrN3S/c1-14-4-3-13-10(14)7-12-6-9-8(11)2-5-15-9/h2-5,12H,6-7H2,1H3. The van der Waals surface area contributed by atoms with Crippen molar-refractivity contribution >= 4 is 27.3 Å². The summed E-state index contributed by atoms with van der Waals surface area (Å²) in [6, 6.07) is 2.07. The molecule has 0 aromatic carbocycles. The van der Waals surface area contributed by atoms with Crippen LogP contribution in [0.15, 0.2) is 28.3 Å². The van der Waals surface area contributed by atoms with E-state index in [9.17, 15) is 0 Å². The minimum Gasteiger partial charge on any atom is -0.337 e. The molecular weight excluding hydrogens is 274 g/mol. The molecule has 0 bridgehead atoms. The highest BCUT2D eigenvalue weighted by molar-refractivity contribution is 9.10. The molecule has 0 radical (unpaired) electrons. The molecule has 15 heavy (non-hydrogen) atoms. The molecule has 2 aromatic heterocycles. The summed E-state index contributed by atoms with van der Waals surface area (Å²) >= 11 is 5.26. The van der Waals surface area contributed by atoms with Crippen molar-refractivity contribution in [2.45, 2.75) is 13.1 Å². The molecule has 0 unspecified atom stereocenters. The molecule has 0 atom stereocenters.